The number of rotatable bonds is 1. The van der Waals surface area contributed by atoms with Crippen molar-refractivity contribution >= 4 is 11.6 Å². The van der Waals surface area contributed by atoms with Crippen molar-refractivity contribution in [3.05, 3.63) is 34.6 Å². The summed E-state index contributed by atoms with van der Waals surface area (Å²) in [6.45, 7) is 2.60. The topological polar surface area (TPSA) is 21.3 Å². The third kappa shape index (κ3) is 1.63. The van der Waals surface area contributed by atoms with Crippen LogP contribution in [0, 0.1) is 11.7 Å². The van der Waals surface area contributed by atoms with Gasteiger partial charge in [0.05, 0.1) is 17.7 Å². The van der Waals surface area contributed by atoms with Crippen molar-refractivity contribution < 1.29 is 9.23 Å². The fourth-order valence-corrected chi connectivity index (χ4v) is 1.79. The number of nitrogens with one attached hydrogen (secondary N) is 1. The van der Waals surface area contributed by atoms with Gasteiger partial charge >= 0.3 is 0 Å². The maximum Gasteiger partial charge on any atom is 0.146 e. The molecule has 2 rings (SSSR count). The highest BCUT2D eigenvalue weighted by molar-refractivity contribution is 6.30. The highest BCUT2D eigenvalue weighted by Crippen LogP contribution is 2.30. The fraction of sp³-hybridized carbons (Fsp3) is 0.400. The molecular weight excluding hydrogens is 205 g/mol. The van der Waals surface area contributed by atoms with E-state index in [0.29, 0.717) is 12.2 Å². The maximum atomic E-state index is 13.6. The molecular formula is C10H11ClFNO. The predicted molar refractivity (Wildman–Crippen MR) is 52.4 cm³/mol. The Labute approximate surface area is 87.0 Å². The molecule has 0 saturated carbocycles. The molecule has 0 radical (unpaired) electrons. The summed E-state index contributed by atoms with van der Waals surface area (Å²) < 4.78 is 13.6. The van der Waals surface area contributed by atoms with Crippen LogP contribution in [-0.2, 0) is 4.84 Å². The maximum absolute atomic E-state index is 13.6. The van der Waals surface area contributed by atoms with Crippen LogP contribution in [0.15, 0.2) is 18.2 Å². The van der Waals surface area contributed by atoms with Gasteiger partial charge in [0.25, 0.3) is 0 Å². The highest BCUT2D eigenvalue weighted by Gasteiger charge is 2.28. The van der Waals surface area contributed by atoms with Gasteiger partial charge in [0.15, 0.2) is 0 Å². The zero-order valence-electron chi connectivity index (χ0n) is 7.76. The van der Waals surface area contributed by atoms with Crippen LogP contribution >= 0.6 is 11.6 Å². The molecule has 1 heterocycles. The summed E-state index contributed by atoms with van der Waals surface area (Å²) >= 11 is 5.70. The smallest absolute Gasteiger partial charge is 0.146 e. The average molecular weight is 216 g/mol. The van der Waals surface area contributed by atoms with Gasteiger partial charge in [-0.05, 0) is 6.07 Å². The van der Waals surface area contributed by atoms with Gasteiger partial charge in [-0.1, -0.05) is 30.7 Å². The lowest BCUT2D eigenvalue weighted by Crippen LogP contribution is -2.17. The second kappa shape index (κ2) is 3.85. The first kappa shape index (κ1) is 9.90. The van der Waals surface area contributed by atoms with E-state index in [2.05, 4.69) is 5.48 Å². The predicted octanol–water partition coefficient (Wildman–Crippen LogP) is 2.69. The highest BCUT2D eigenvalue weighted by atomic mass is 35.5. The Hall–Kier alpha value is -0.640. The molecule has 1 aromatic rings. The normalized spacial score (nSPS) is 26.8. The van der Waals surface area contributed by atoms with Gasteiger partial charge in [0.2, 0.25) is 0 Å². The molecule has 0 aliphatic carbocycles. The number of hydrogen-bond donors (Lipinski definition) is 1. The molecule has 0 amide bonds. The molecule has 1 fully saturated rings. The van der Waals surface area contributed by atoms with E-state index in [1.54, 1.807) is 18.2 Å². The van der Waals surface area contributed by atoms with E-state index in [1.165, 1.54) is 0 Å². The zero-order valence-corrected chi connectivity index (χ0v) is 8.51. The average Bonchev–Trinajstić information content (AvgIpc) is 2.57. The van der Waals surface area contributed by atoms with E-state index in [0.717, 1.165) is 0 Å². The molecule has 1 saturated heterocycles. The molecule has 1 aliphatic rings. The lowest BCUT2D eigenvalue weighted by Gasteiger charge is -2.14. The van der Waals surface area contributed by atoms with E-state index in [-0.39, 0.29) is 22.8 Å². The molecule has 0 aromatic heterocycles. The fourth-order valence-electron chi connectivity index (χ4n) is 1.61. The Morgan fingerprint density at radius 2 is 2.36 bits per heavy atom. The van der Waals surface area contributed by atoms with Crippen molar-refractivity contribution in [2.45, 2.75) is 13.0 Å². The molecule has 1 aromatic carbocycles. The monoisotopic (exact) mass is 215 g/mol. The number of hydroxylamine groups is 1. The quantitative estimate of drug-likeness (QED) is 0.778. The van der Waals surface area contributed by atoms with Crippen molar-refractivity contribution in [1.29, 1.82) is 0 Å². The Balaban J connectivity index is 2.36. The zero-order chi connectivity index (χ0) is 10.1. The molecule has 14 heavy (non-hydrogen) atoms. The molecule has 1 N–H and O–H groups in total. The van der Waals surface area contributed by atoms with Gasteiger partial charge in [0.1, 0.15) is 5.82 Å². The SMILES string of the molecule is C[C@H]1CONC1c1cccc(Cl)c1F. The van der Waals surface area contributed by atoms with Crippen LogP contribution in [0.1, 0.15) is 18.5 Å². The van der Waals surface area contributed by atoms with E-state index < -0.39 is 0 Å². The van der Waals surface area contributed by atoms with Crippen LogP contribution in [0.4, 0.5) is 4.39 Å². The van der Waals surface area contributed by atoms with Gasteiger partial charge in [-0.25, -0.2) is 4.39 Å². The minimum Gasteiger partial charge on any atom is -0.301 e. The minimum atomic E-state index is -0.357. The molecule has 4 heteroatoms. The Morgan fingerprint density at radius 3 is 3.00 bits per heavy atom. The van der Waals surface area contributed by atoms with Gasteiger partial charge in [-0.2, -0.15) is 5.48 Å². The van der Waals surface area contributed by atoms with Crippen LogP contribution in [0.2, 0.25) is 5.02 Å². The summed E-state index contributed by atoms with van der Waals surface area (Å²) in [5.41, 5.74) is 3.36. The summed E-state index contributed by atoms with van der Waals surface area (Å²) in [7, 11) is 0. The minimum absolute atomic E-state index is 0.103. The lowest BCUT2D eigenvalue weighted by molar-refractivity contribution is 0.0860. The van der Waals surface area contributed by atoms with Crippen molar-refractivity contribution in [2.24, 2.45) is 5.92 Å². The molecule has 0 bridgehead atoms. The Bertz CT molecular complexity index is 345. The summed E-state index contributed by atoms with van der Waals surface area (Å²) in [5.74, 6) is -0.105. The third-order valence-electron chi connectivity index (χ3n) is 2.44. The molecule has 0 spiro atoms. The van der Waals surface area contributed by atoms with Crippen molar-refractivity contribution in [3.63, 3.8) is 0 Å². The second-order valence-electron chi connectivity index (χ2n) is 3.53. The van der Waals surface area contributed by atoms with E-state index in [9.17, 15) is 4.39 Å². The van der Waals surface area contributed by atoms with Crippen LogP contribution in [0.25, 0.3) is 0 Å². The van der Waals surface area contributed by atoms with Gasteiger partial charge in [-0.15, -0.1) is 0 Å². The first-order chi connectivity index (χ1) is 6.70. The standard InChI is InChI=1S/C10H11ClFNO/c1-6-5-14-13-10(6)7-3-2-4-8(11)9(7)12/h2-4,6,10,13H,5H2,1H3/t6-,10?/m0/s1. The van der Waals surface area contributed by atoms with E-state index in [1.807, 2.05) is 6.92 Å². The third-order valence-corrected chi connectivity index (χ3v) is 2.73. The summed E-state index contributed by atoms with van der Waals surface area (Å²) in [4.78, 5) is 5.06. The molecule has 1 aliphatic heterocycles. The molecule has 2 nitrogen and oxygen atoms in total. The van der Waals surface area contributed by atoms with Crippen LogP contribution in [0.3, 0.4) is 0 Å². The number of hydrogen-bond acceptors (Lipinski definition) is 2. The first-order valence-electron chi connectivity index (χ1n) is 4.51. The largest absolute Gasteiger partial charge is 0.301 e. The van der Waals surface area contributed by atoms with Crippen LogP contribution in [0.5, 0.6) is 0 Å². The Morgan fingerprint density at radius 1 is 1.57 bits per heavy atom. The summed E-state index contributed by atoms with van der Waals surface area (Å²) in [6, 6.07) is 4.91. The van der Waals surface area contributed by atoms with E-state index >= 15 is 0 Å². The first-order valence-corrected chi connectivity index (χ1v) is 4.89. The van der Waals surface area contributed by atoms with E-state index in [4.69, 9.17) is 16.4 Å². The lowest BCUT2D eigenvalue weighted by atomic mass is 9.96. The van der Waals surface area contributed by atoms with Crippen LogP contribution < -0.4 is 5.48 Å². The molecule has 2 atom stereocenters. The summed E-state index contributed by atoms with van der Waals surface area (Å²) in [5, 5.41) is 0.156. The number of benzene rings is 1. The van der Waals surface area contributed by atoms with Gasteiger partial charge < -0.3 is 4.84 Å². The van der Waals surface area contributed by atoms with Crippen molar-refractivity contribution in [2.75, 3.05) is 6.61 Å². The van der Waals surface area contributed by atoms with Crippen molar-refractivity contribution in [3.8, 4) is 0 Å². The molecule has 76 valence electrons. The molecule has 1 unspecified atom stereocenters. The number of halogens is 2. The van der Waals surface area contributed by atoms with Gasteiger partial charge in [-0.3, -0.25) is 0 Å². The Kier molecular flexibility index (Phi) is 2.72. The van der Waals surface area contributed by atoms with Gasteiger partial charge in [0, 0.05) is 11.5 Å². The second-order valence-corrected chi connectivity index (χ2v) is 3.93. The summed E-state index contributed by atoms with van der Waals surface area (Å²) in [6.07, 6.45) is 0. The van der Waals surface area contributed by atoms with Crippen LogP contribution in [-0.4, -0.2) is 6.61 Å². The van der Waals surface area contributed by atoms with Crippen molar-refractivity contribution in [1.82, 2.24) is 5.48 Å².